The van der Waals surface area contributed by atoms with E-state index < -0.39 is 17.9 Å². The zero-order chi connectivity index (χ0) is 22.0. The van der Waals surface area contributed by atoms with Crippen LogP contribution in [0.2, 0.25) is 0 Å². The summed E-state index contributed by atoms with van der Waals surface area (Å²) in [4.78, 5) is 28.0. The van der Waals surface area contributed by atoms with Crippen molar-refractivity contribution in [3.8, 4) is 28.7 Å². The molecule has 1 aromatic heterocycles. The molecular weight excluding hydrogens is 406 g/mol. The molecule has 1 aliphatic rings. The van der Waals surface area contributed by atoms with Gasteiger partial charge in [0.15, 0.2) is 23.0 Å². The van der Waals surface area contributed by atoms with E-state index in [0.29, 0.717) is 39.7 Å². The zero-order valence-corrected chi connectivity index (χ0v) is 17.1. The molecular formula is C21H21N3O7. The summed E-state index contributed by atoms with van der Waals surface area (Å²) in [5.41, 5.74) is 5.43. The molecule has 0 saturated carbocycles. The van der Waals surface area contributed by atoms with Gasteiger partial charge in [-0.05, 0) is 18.2 Å². The van der Waals surface area contributed by atoms with Crippen LogP contribution in [0.25, 0.3) is 10.9 Å². The minimum absolute atomic E-state index is 0.0271. The highest BCUT2D eigenvalue weighted by atomic mass is 16.6. The minimum Gasteiger partial charge on any atom is -0.496 e. The molecule has 0 fully saturated rings. The van der Waals surface area contributed by atoms with Gasteiger partial charge in [-0.15, -0.1) is 0 Å². The second kappa shape index (κ2) is 8.34. The van der Waals surface area contributed by atoms with E-state index in [-0.39, 0.29) is 12.3 Å². The highest BCUT2D eigenvalue weighted by Gasteiger charge is 2.28. The fourth-order valence-electron chi connectivity index (χ4n) is 3.27. The van der Waals surface area contributed by atoms with Gasteiger partial charge in [0.1, 0.15) is 18.1 Å². The summed E-state index contributed by atoms with van der Waals surface area (Å²) in [6, 6.07) is 10.3. The fraction of sp³-hybridized carbons (Fsp3) is 0.238. The first kappa shape index (κ1) is 20.2. The molecule has 10 heteroatoms. The van der Waals surface area contributed by atoms with Crippen molar-refractivity contribution >= 4 is 22.7 Å². The lowest BCUT2D eigenvalue weighted by molar-refractivity contribution is -0.131. The normalized spacial score (nSPS) is 14.6. The number of hydrogen-bond donors (Lipinski definition) is 3. The van der Waals surface area contributed by atoms with Crippen molar-refractivity contribution in [1.29, 1.82) is 0 Å². The summed E-state index contributed by atoms with van der Waals surface area (Å²) >= 11 is 0. The summed E-state index contributed by atoms with van der Waals surface area (Å²) < 4.78 is 27.2. The molecule has 0 radical (unpaired) electrons. The maximum atomic E-state index is 12.6. The number of carbonyl (C=O) groups excluding carboxylic acids is 2. The van der Waals surface area contributed by atoms with E-state index in [1.165, 1.54) is 21.3 Å². The van der Waals surface area contributed by atoms with E-state index in [0.717, 1.165) is 0 Å². The van der Waals surface area contributed by atoms with Crippen molar-refractivity contribution in [3.05, 3.63) is 42.1 Å². The van der Waals surface area contributed by atoms with Gasteiger partial charge in [0.2, 0.25) is 6.10 Å². The standard InChI is InChI=1S/C21H21N3O7/c1-27-15-9-16(28-2)19(29-3)18-11(15)8-12(22-18)20(25)23-24-21(26)17-10-30-13-6-4-5-7-14(13)31-17/h4-9,17,22H,10H2,1-3H3,(H,23,25)(H,24,26). The molecule has 3 aromatic rings. The SMILES string of the molecule is COc1cc(OC)c2cc(C(=O)NNC(=O)C3COc4ccccc4O3)[nH]c2c1OC. The molecule has 0 aliphatic carbocycles. The van der Waals surface area contributed by atoms with Gasteiger partial charge in [-0.3, -0.25) is 20.4 Å². The number of fused-ring (bicyclic) bond motifs is 2. The third-order valence-corrected chi connectivity index (χ3v) is 4.79. The molecule has 10 nitrogen and oxygen atoms in total. The lowest BCUT2D eigenvalue weighted by atomic mass is 10.2. The van der Waals surface area contributed by atoms with Gasteiger partial charge in [0, 0.05) is 11.5 Å². The third kappa shape index (κ3) is 3.75. The average molecular weight is 427 g/mol. The van der Waals surface area contributed by atoms with Gasteiger partial charge in [-0.1, -0.05) is 12.1 Å². The van der Waals surface area contributed by atoms with Crippen LogP contribution in [0.1, 0.15) is 10.5 Å². The van der Waals surface area contributed by atoms with Crippen LogP contribution in [-0.4, -0.2) is 50.8 Å². The number of hydrazine groups is 1. The van der Waals surface area contributed by atoms with Crippen molar-refractivity contribution in [1.82, 2.24) is 15.8 Å². The van der Waals surface area contributed by atoms with Crippen LogP contribution in [0.3, 0.4) is 0 Å². The maximum absolute atomic E-state index is 12.6. The van der Waals surface area contributed by atoms with Crippen molar-refractivity contribution in [2.24, 2.45) is 0 Å². The molecule has 2 heterocycles. The number of rotatable bonds is 5. The fourth-order valence-corrected chi connectivity index (χ4v) is 3.27. The Balaban J connectivity index is 1.48. The predicted octanol–water partition coefficient (Wildman–Crippen LogP) is 1.79. The summed E-state index contributed by atoms with van der Waals surface area (Å²) in [5.74, 6) is 1.28. The molecule has 3 N–H and O–H groups in total. The summed E-state index contributed by atoms with van der Waals surface area (Å²) in [6.07, 6.45) is -0.901. The van der Waals surface area contributed by atoms with E-state index in [2.05, 4.69) is 15.8 Å². The minimum atomic E-state index is -0.901. The molecule has 162 valence electrons. The van der Waals surface area contributed by atoms with E-state index in [9.17, 15) is 9.59 Å². The molecule has 1 atom stereocenters. The molecule has 1 aliphatic heterocycles. The largest absolute Gasteiger partial charge is 0.496 e. The van der Waals surface area contributed by atoms with Crippen LogP contribution in [-0.2, 0) is 4.79 Å². The molecule has 0 saturated heterocycles. The van der Waals surface area contributed by atoms with Crippen molar-refractivity contribution in [3.63, 3.8) is 0 Å². The molecule has 2 aromatic carbocycles. The lowest BCUT2D eigenvalue weighted by Crippen LogP contribution is -2.50. The number of carbonyl (C=O) groups is 2. The Kier molecular flexibility index (Phi) is 5.44. The molecule has 31 heavy (non-hydrogen) atoms. The Hall–Kier alpha value is -4.08. The van der Waals surface area contributed by atoms with Gasteiger partial charge < -0.3 is 28.7 Å². The van der Waals surface area contributed by atoms with Gasteiger partial charge in [0.05, 0.1) is 26.8 Å². The molecule has 2 amide bonds. The monoisotopic (exact) mass is 427 g/mol. The number of aromatic amines is 1. The van der Waals surface area contributed by atoms with Crippen molar-refractivity contribution in [2.75, 3.05) is 27.9 Å². The van der Waals surface area contributed by atoms with Crippen LogP contribution < -0.4 is 34.5 Å². The van der Waals surface area contributed by atoms with E-state index in [1.807, 2.05) is 6.07 Å². The van der Waals surface area contributed by atoms with Crippen LogP contribution in [0.5, 0.6) is 28.7 Å². The van der Waals surface area contributed by atoms with E-state index in [1.54, 1.807) is 30.3 Å². The van der Waals surface area contributed by atoms with Gasteiger partial charge in [0.25, 0.3) is 11.8 Å². The Morgan fingerprint density at radius 1 is 1.00 bits per heavy atom. The Labute approximate surface area is 177 Å². The maximum Gasteiger partial charge on any atom is 0.286 e. The quantitative estimate of drug-likeness (QED) is 0.531. The Morgan fingerprint density at radius 2 is 1.74 bits per heavy atom. The second-order valence-corrected chi connectivity index (χ2v) is 6.59. The number of nitrogens with one attached hydrogen (secondary N) is 3. The number of benzene rings is 2. The zero-order valence-electron chi connectivity index (χ0n) is 17.1. The third-order valence-electron chi connectivity index (χ3n) is 4.79. The van der Waals surface area contributed by atoms with Crippen molar-refractivity contribution in [2.45, 2.75) is 6.10 Å². The van der Waals surface area contributed by atoms with E-state index >= 15 is 0 Å². The number of ether oxygens (including phenoxy) is 5. The van der Waals surface area contributed by atoms with Gasteiger partial charge in [-0.25, -0.2) is 0 Å². The number of amides is 2. The second-order valence-electron chi connectivity index (χ2n) is 6.59. The number of methoxy groups -OCH3 is 3. The number of H-pyrrole nitrogens is 1. The van der Waals surface area contributed by atoms with Crippen LogP contribution in [0.4, 0.5) is 0 Å². The number of aromatic nitrogens is 1. The van der Waals surface area contributed by atoms with E-state index in [4.69, 9.17) is 23.7 Å². The van der Waals surface area contributed by atoms with Gasteiger partial charge >= 0.3 is 0 Å². The van der Waals surface area contributed by atoms with Crippen LogP contribution >= 0.6 is 0 Å². The first-order valence-electron chi connectivity index (χ1n) is 9.36. The molecule has 0 bridgehead atoms. The summed E-state index contributed by atoms with van der Waals surface area (Å²) in [6.45, 7) is 0.0271. The molecule has 1 unspecified atom stereocenters. The Bertz CT molecular complexity index is 1140. The summed E-state index contributed by atoms with van der Waals surface area (Å²) in [7, 11) is 4.51. The highest BCUT2D eigenvalue weighted by molar-refractivity contribution is 6.03. The van der Waals surface area contributed by atoms with Crippen LogP contribution in [0, 0.1) is 0 Å². The average Bonchev–Trinajstić information content (AvgIpc) is 3.26. The highest BCUT2D eigenvalue weighted by Crippen LogP contribution is 2.41. The Morgan fingerprint density at radius 3 is 2.45 bits per heavy atom. The number of para-hydroxylation sites is 2. The first-order chi connectivity index (χ1) is 15.0. The lowest BCUT2D eigenvalue weighted by Gasteiger charge is -2.25. The first-order valence-corrected chi connectivity index (χ1v) is 9.36. The van der Waals surface area contributed by atoms with Gasteiger partial charge in [-0.2, -0.15) is 0 Å². The molecule has 4 rings (SSSR count). The topological polar surface area (TPSA) is 120 Å². The smallest absolute Gasteiger partial charge is 0.286 e. The van der Waals surface area contributed by atoms with Crippen LogP contribution in [0.15, 0.2) is 36.4 Å². The predicted molar refractivity (Wildman–Crippen MR) is 110 cm³/mol. The number of hydrogen-bond acceptors (Lipinski definition) is 7. The molecule has 0 spiro atoms. The van der Waals surface area contributed by atoms with Crippen molar-refractivity contribution < 1.29 is 33.3 Å². The summed E-state index contributed by atoms with van der Waals surface area (Å²) in [5, 5.41) is 0.622.